The summed E-state index contributed by atoms with van der Waals surface area (Å²) in [5, 5.41) is 3.02. The van der Waals surface area contributed by atoms with Crippen LogP contribution >= 0.6 is 0 Å². The fourth-order valence-corrected chi connectivity index (χ4v) is 3.41. The second-order valence-electron chi connectivity index (χ2n) is 7.19. The van der Waals surface area contributed by atoms with Gasteiger partial charge in [0.15, 0.2) is 0 Å². The molecule has 150 valence electrons. The molecule has 1 heterocycles. The number of piperazine rings is 1. The second kappa shape index (κ2) is 8.97. The molecule has 1 N–H and O–H groups in total. The first-order valence-corrected chi connectivity index (χ1v) is 9.55. The van der Waals surface area contributed by atoms with Crippen LogP contribution in [-0.4, -0.2) is 58.3 Å². The summed E-state index contributed by atoms with van der Waals surface area (Å²) in [5.41, 5.74) is 3.94. The van der Waals surface area contributed by atoms with Gasteiger partial charge in [-0.25, -0.2) is 0 Å². The number of hydrogen-bond acceptors (Lipinski definition) is 5. The highest BCUT2D eigenvalue weighted by Crippen LogP contribution is 2.26. The van der Waals surface area contributed by atoms with Crippen LogP contribution in [0.25, 0.3) is 0 Å². The summed E-state index contributed by atoms with van der Waals surface area (Å²) in [6.45, 7) is 6.23. The van der Waals surface area contributed by atoms with Gasteiger partial charge in [-0.1, -0.05) is 6.07 Å². The molecular weight excluding hydrogens is 354 g/mol. The molecule has 0 atom stereocenters. The van der Waals surface area contributed by atoms with Crippen molar-refractivity contribution in [2.45, 2.75) is 13.3 Å². The predicted molar refractivity (Wildman–Crippen MR) is 113 cm³/mol. The molecule has 0 radical (unpaired) electrons. The fourth-order valence-electron chi connectivity index (χ4n) is 3.41. The van der Waals surface area contributed by atoms with Gasteiger partial charge >= 0.3 is 0 Å². The molecule has 2 aromatic carbocycles. The Morgan fingerprint density at radius 1 is 1.04 bits per heavy atom. The zero-order valence-electron chi connectivity index (χ0n) is 17.1. The van der Waals surface area contributed by atoms with E-state index in [2.05, 4.69) is 34.3 Å². The molecular formula is C22H29N3O3. The summed E-state index contributed by atoms with van der Waals surface area (Å²) >= 11 is 0. The van der Waals surface area contributed by atoms with Crippen LogP contribution in [0.4, 0.5) is 11.4 Å². The minimum Gasteiger partial charge on any atom is -0.497 e. The van der Waals surface area contributed by atoms with E-state index in [1.165, 1.54) is 5.69 Å². The van der Waals surface area contributed by atoms with E-state index in [0.29, 0.717) is 11.5 Å². The number of likely N-dealkylation sites (N-methyl/N-ethyl adjacent to an activating group) is 1. The van der Waals surface area contributed by atoms with Crippen LogP contribution in [0, 0.1) is 6.92 Å². The van der Waals surface area contributed by atoms with Crippen molar-refractivity contribution in [2.24, 2.45) is 0 Å². The van der Waals surface area contributed by atoms with Crippen LogP contribution in [0.1, 0.15) is 11.1 Å². The average Bonchev–Trinajstić information content (AvgIpc) is 2.70. The zero-order valence-corrected chi connectivity index (χ0v) is 17.1. The van der Waals surface area contributed by atoms with Gasteiger partial charge in [0.1, 0.15) is 11.5 Å². The van der Waals surface area contributed by atoms with E-state index in [4.69, 9.17) is 9.47 Å². The van der Waals surface area contributed by atoms with E-state index in [1.54, 1.807) is 20.3 Å². The molecule has 1 aliphatic rings. The van der Waals surface area contributed by atoms with E-state index in [-0.39, 0.29) is 12.3 Å². The van der Waals surface area contributed by atoms with E-state index in [0.717, 1.165) is 43.0 Å². The molecule has 1 amide bonds. The third kappa shape index (κ3) is 4.75. The first-order chi connectivity index (χ1) is 13.5. The summed E-state index contributed by atoms with van der Waals surface area (Å²) in [4.78, 5) is 17.3. The predicted octanol–water partition coefficient (Wildman–Crippen LogP) is 2.95. The number of methoxy groups -OCH3 is 2. The first-order valence-electron chi connectivity index (χ1n) is 9.55. The van der Waals surface area contributed by atoms with Crippen LogP contribution in [-0.2, 0) is 11.2 Å². The van der Waals surface area contributed by atoms with Gasteiger partial charge in [0.2, 0.25) is 5.91 Å². The molecule has 0 aromatic heterocycles. The smallest absolute Gasteiger partial charge is 0.228 e. The van der Waals surface area contributed by atoms with Crippen LogP contribution in [0.5, 0.6) is 11.5 Å². The number of hydrogen-bond donors (Lipinski definition) is 1. The summed E-state index contributed by atoms with van der Waals surface area (Å²) in [5.74, 6) is 1.28. The van der Waals surface area contributed by atoms with Gasteiger partial charge < -0.3 is 24.6 Å². The lowest BCUT2D eigenvalue weighted by Crippen LogP contribution is -2.44. The SMILES string of the molecule is COc1ccc(CC(=O)Nc2ccc(N3CCN(C)CC3)cc2C)c(OC)c1. The van der Waals surface area contributed by atoms with Crippen molar-refractivity contribution in [3.8, 4) is 11.5 Å². The van der Waals surface area contributed by atoms with Crippen molar-refractivity contribution in [1.29, 1.82) is 0 Å². The normalized spacial score (nSPS) is 14.6. The number of carbonyl (C=O) groups is 1. The van der Waals surface area contributed by atoms with Crippen molar-refractivity contribution >= 4 is 17.3 Å². The van der Waals surface area contributed by atoms with Gasteiger partial charge in [-0.2, -0.15) is 0 Å². The molecule has 1 aliphatic heterocycles. The van der Waals surface area contributed by atoms with Gasteiger partial charge in [-0.3, -0.25) is 4.79 Å². The lowest BCUT2D eigenvalue weighted by molar-refractivity contribution is -0.115. The Kier molecular flexibility index (Phi) is 6.41. The molecule has 0 unspecified atom stereocenters. The van der Waals surface area contributed by atoms with Crippen molar-refractivity contribution in [3.05, 3.63) is 47.5 Å². The number of nitrogens with zero attached hydrogens (tertiary/aromatic N) is 2. The molecule has 0 spiro atoms. The summed E-state index contributed by atoms with van der Waals surface area (Å²) < 4.78 is 10.6. The van der Waals surface area contributed by atoms with Crippen LogP contribution in [0.15, 0.2) is 36.4 Å². The third-order valence-corrected chi connectivity index (χ3v) is 5.20. The molecule has 2 aromatic rings. The second-order valence-corrected chi connectivity index (χ2v) is 7.19. The quantitative estimate of drug-likeness (QED) is 0.831. The molecule has 0 saturated carbocycles. The Balaban J connectivity index is 1.66. The van der Waals surface area contributed by atoms with Crippen molar-refractivity contribution in [1.82, 2.24) is 4.90 Å². The standard InChI is InChI=1S/C22H29N3O3/c1-16-13-18(25-11-9-24(2)10-12-25)6-8-20(16)23-22(26)14-17-5-7-19(27-3)15-21(17)28-4/h5-8,13,15H,9-12,14H2,1-4H3,(H,23,26). The minimum absolute atomic E-state index is 0.0704. The Hall–Kier alpha value is -2.73. The van der Waals surface area contributed by atoms with E-state index < -0.39 is 0 Å². The van der Waals surface area contributed by atoms with Crippen molar-refractivity contribution < 1.29 is 14.3 Å². The van der Waals surface area contributed by atoms with Crippen LogP contribution in [0.3, 0.4) is 0 Å². The maximum atomic E-state index is 12.6. The number of nitrogens with one attached hydrogen (secondary N) is 1. The molecule has 1 saturated heterocycles. The molecule has 6 nitrogen and oxygen atoms in total. The summed E-state index contributed by atoms with van der Waals surface area (Å²) in [6, 6.07) is 11.7. The molecule has 6 heteroatoms. The Morgan fingerprint density at radius 2 is 1.79 bits per heavy atom. The van der Waals surface area contributed by atoms with Gasteiger partial charge in [-0.15, -0.1) is 0 Å². The summed E-state index contributed by atoms with van der Waals surface area (Å²) in [7, 11) is 5.35. The van der Waals surface area contributed by atoms with Crippen LogP contribution in [0.2, 0.25) is 0 Å². The average molecular weight is 383 g/mol. The first kappa shape index (κ1) is 20.0. The number of ether oxygens (including phenoxy) is 2. The zero-order chi connectivity index (χ0) is 20.1. The lowest BCUT2D eigenvalue weighted by Gasteiger charge is -2.34. The largest absolute Gasteiger partial charge is 0.497 e. The highest BCUT2D eigenvalue weighted by molar-refractivity contribution is 5.93. The highest BCUT2D eigenvalue weighted by atomic mass is 16.5. The number of carbonyl (C=O) groups excluding carboxylic acids is 1. The topological polar surface area (TPSA) is 54.0 Å². The van der Waals surface area contributed by atoms with Gasteiger partial charge in [0.05, 0.1) is 20.6 Å². The van der Waals surface area contributed by atoms with E-state index >= 15 is 0 Å². The van der Waals surface area contributed by atoms with Gasteiger partial charge in [0, 0.05) is 49.2 Å². The Labute approximate surface area is 167 Å². The number of amides is 1. The van der Waals surface area contributed by atoms with E-state index in [1.807, 2.05) is 25.1 Å². The Bertz CT molecular complexity index is 830. The minimum atomic E-state index is -0.0704. The fraction of sp³-hybridized carbons (Fsp3) is 0.409. The lowest BCUT2D eigenvalue weighted by atomic mass is 10.1. The number of benzene rings is 2. The monoisotopic (exact) mass is 383 g/mol. The number of anilines is 2. The van der Waals surface area contributed by atoms with Crippen molar-refractivity contribution in [2.75, 3.05) is 57.7 Å². The maximum Gasteiger partial charge on any atom is 0.228 e. The van der Waals surface area contributed by atoms with Gasteiger partial charge in [0.25, 0.3) is 0 Å². The Morgan fingerprint density at radius 3 is 2.43 bits per heavy atom. The number of rotatable bonds is 6. The van der Waals surface area contributed by atoms with E-state index in [9.17, 15) is 4.79 Å². The van der Waals surface area contributed by atoms with Crippen molar-refractivity contribution in [3.63, 3.8) is 0 Å². The molecule has 3 rings (SSSR count). The van der Waals surface area contributed by atoms with Crippen LogP contribution < -0.4 is 19.7 Å². The molecule has 0 aliphatic carbocycles. The van der Waals surface area contributed by atoms with Gasteiger partial charge in [-0.05, 0) is 43.8 Å². The number of aryl methyl sites for hydroxylation is 1. The molecule has 28 heavy (non-hydrogen) atoms. The molecule has 0 bridgehead atoms. The third-order valence-electron chi connectivity index (χ3n) is 5.20. The highest BCUT2D eigenvalue weighted by Gasteiger charge is 2.16. The summed E-state index contributed by atoms with van der Waals surface area (Å²) in [6.07, 6.45) is 0.243. The maximum absolute atomic E-state index is 12.6. The molecule has 1 fully saturated rings.